The lowest BCUT2D eigenvalue weighted by molar-refractivity contribution is 0.0436. The van der Waals surface area contributed by atoms with Gasteiger partial charge in [0.2, 0.25) is 5.89 Å². The number of hydrogen-bond donors (Lipinski definition) is 0. The van der Waals surface area contributed by atoms with Crippen LogP contribution >= 0.6 is 0 Å². The van der Waals surface area contributed by atoms with Crippen LogP contribution in [0.15, 0.2) is 22.7 Å². The fraction of sp³-hybridized carbons (Fsp3) is 0.467. The van der Waals surface area contributed by atoms with Crippen LogP contribution in [0.2, 0.25) is 0 Å². The molecule has 1 aliphatic heterocycles. The second kappa shape index (κ2) is 7.19. The van der Waals surface area contributed by atoms with E-state index in [0.29, 0.717) is 31.1 Å². The van der Waals surface area contributed by atoms with Gasteiger partial charge in [-0.2, -0.15) is 0 Å². The van der Waals surface area contributed by atoms with E-state index in [-0.39, 0.29) is 12.5 Å². The lowest BCUT2D eigenvalue weighted by atomic mass is 10.2. The molecule has 122 valence electrons. The van der Waals surface area contributed by atoms with Crippen LogP contribution in [0.4, 0.5) is 5.82 Å². The summed E-state index contributed by atoms with van der Waals surface area (Å²) in [6, 6.07) is 3.51. The quantitative estimate of drug-likeness (QED) is 0.760. The maximum Gasteiger partial charge on any atom is 0.340 e. The fourth-order valence-electron chi connectivity index (χ4n) is 2.19. The van der Waals surface area contributed by atoms with Gasteiger partial charge in [-0.05, 0) is 12.1 Å². The van der Waals surface area contributed by atoms with Crippen molar-refractivity contribution in [3.8, 4) is 0 Å². The maximum absolute atomic E-state index is 12.0. The summed E-state index contributed by atoms with van der Waals surface area (Å²) in [4.78, 5) is 18.4. The van der Waals surface area contributed by atoms with Crippen LogP contribution in [0.25, 0.3) is 0 Å². The minimum absolute atomic E-state index is 0.0446. The van der Waals surface area contributed by atoms with Gasteiger partial charge in [0.1, 0.15) is 5.82 Å². The first-order valence-corrected chi connectivity index (χ1v) is 7.53. The molecule has 1 aliphatic rings. The summed E-state index contributed by atoms with van der Waals surface area (Å²) in [7, 11) is 0. The molecule has 23 heavy (non-hydrogen) atoms. The average Bonchev–Trinajstić information content (AvgIpc) is 3.09. The second-order valence-corrected chi connectivity index (χ2v) is 5.02. The van der Waals surface area contributed by atoms with E-state index in [2.05, 4.69) is 20.1 Å². The van der Waals surface area contributed by atoms with Gasteiger partial charge >= 0.3 is 5.97 Å². The Hall–Kier alpha value is -2.48. The van der Waals surface area contributed by atoms with Crippen LogP contribution in [-0.4, -0.2) is 47.5 Å². The molecule has 1 saturated heterocycles. The summed E-state index contributed by atoms with van der Waals surface area (Å²) < 4.78 is 15.7. The normalized spacial score (nSPS) is 14.7. The highest BCUT2D eigenvalue weighted by Crippen LogP contribution is 2.14. The number of rotatable bonds is 5. The van der Waals surface area contributed by atoms with Crippen molar-refractivity contribution < 1.29 is 18.7 Å². The summed E-state index contributed by atoms with van der Waals surface area (Å²) in [6.07, 6.45) is 2.16. The Morgan fingerprint density at radius 1 is 1.26 bits per heavy atom. The van der Waals surface area contributed by atoms with Gasteiger partial charge in [-0.1, -0.05) is 6.92 Å². The molecule has 0 amide bonds. The smallest absolute Gasteiger partial charge is 0.340 e. The minimum Gasteiger partial charge on any atom is -0.452 e. The predicted octanol–water partition coefficient (Wildman–Crippen LogP) is 1.22. The van der Waals surface area contributed by atoms with Crippen LogP contribution in [0.1, 0.15) is 29.1 Å². The van der Waals surface area contributed by atoms with Gasteiger partial charge in [-0.3, -0.25) is 0 Å². The number of morpholine rings is 1. The molecule has 3 rings (SSSR count). The van der Waals surface area contributed by atoms with Gasteiger partial charge in [0.25, 0.3) is 5.89 Å². The van der Waals surface area contributed by atoms with Crippen molar-refractivity contribution in [2.24, 2.45) is 0 Å². The molecule has 0 atom stereocenters. The van der Waals surface area contributed by atoms with E-state index in [1.54, 1.807) is 6.07 Å². The standard InChI is InChI=1S/C15H18N4O4/c1-2-13-17-18-14(23-13)10-22-15(20)11-3-4-12(16-9-11)19-5-7-21-8-6-19/h3-4,9H,2,5-8,10H2,1H3. The summed E-state index contributed by atoms with van der Waals surface area (Å²) in [6.45, 7) is 4.84. The summed E-state index contributed by atoms with van der Waals surface area (Å²) in [5.74, 6) is 1.16. The zero-order valence-corrected chi connectivity index (χ0v) is 12.9. The van der Waals surface area contributed by atoms with Crippen LogP contribution in [0.5, 0.6) is 0 Å². The van der Waals surface area contributed by atoms with Gasteiger partial charge in [0.15, 0.2) is 6.61 Å². The highest BCUT2D eigenvalue weighted by atomic mass is 16.5. The van der Waals surface area contributed by atoms with E-state index in [4.69, 9.17) is 13.9 Å². The third-order valence-electron chi connectivity index (χ3n) is 3.46. The number of pyridine rings is 1. The maximum atomic E-state index is 12.0. The zero-order valence-electron chi connectivity index (χ0n) is 12.9. The van der Waals surface area contributed by atoms with Crippen molar-refractivity contribution in [1.82, 2.24) is 15.2 Å². The molecule has 0 spiro atoms. The molecule has 0 bridgehead atoms. The summed E-state index contributed by atoms with van der Waals surface area (Å²) in [5.41, 5.74) is 0.386. The molecule has 0 N–H and O–H groups in total. The predicted molar refractivity (Wildman–Crippen MR) is 80.1 cm³/mol. The van der Waals surface area contributed by atoms with Crippen molar-refractivity contribution >= 4 is 11.8 Å². The first-order valence-electron chi connectivity index (χ1n) is 7.53. The number of aromatic nitrogens is 3. The van der Waals surface area contributed by atoms with E-state index in [9.17, 15) is 4.79 Å². The van der Waals surface area contributed by atoms with E-state index >= 15 is 0 Å². The van der Waals surface area contributed by atoms with Crippen molar-refractivity contribution in [1.29, 1.82) is 0 Å². The molecule has 0 aromatic carbocycles. The first kappa shape index (κ1) is 15.4. The second-order valence-electron chi connectivity index (χ2n) is 5.02. The van der Waals surface area contributed by atoms with Gasteiger partial charge in [-0.25, -0.2) is 9.78 Å². The minimum atomic E-state index is -0.470. The Morgan fingerprint density at radius 2 is 2.04 bits per heavy atom. The fourth-order valence-corrected chi connectivity index (χ4v) is 2.19. The van der Waals surface area contributed by atoms with Crippen LogP contribution in [0, 0.1) is 0 Å². The van der Waals surface area contributed by atoms with E-state index in [1.165, 1.54) is 6.20 Å². The molecule has 2 aromatic rings. The molecular formula is C15H18N4O4. The van der Waals surface area contributed by atoms with Crippen molar-refractivity contribution in [2.45, 2.75) is 20.0 Å². The molecule has 3 heterocycles. The molecule has 0 aliphatic carbocycles. The number of carbonyl (C=O) groups excluding carboxylic acids is 1. The van der Waals surface area contributed by atoms with Crippen LogP contribution < -0.4 is 4.90 Å². The van der Waals surface area contributed by atoms with E-state index < -0.39 is 5.97 Å². The number of esters is 1. The monoisotopic (exact) mass is 318 g/mol. The third-order valence-corrected chi connectivity index (χ3v) is 3.46. The van der Waals surface area contributed by atoms with Crippen LogP contribution in [0.3, 0.4) is 0 Å². The highest BCUT2D eigenvalue weighted by Gasteiger charge is 2.15. The van der Waals surface area contributed by atoms with Crippen LogP contribution in [-0.2, 0) is 22.5 Å². The third kappa shape index (κ3) is 3.84. The molecule has 8 nitrogen and oxygen atoms in total. The topological polar surface area (TPSA) is 90.6 Å². The Labute approximate surface area is 133 Å². The molecule has 0 unspecified atom stereocenters. The number of carbonyl (C=O) groups is 1. The Kier molecular flexibility index (Phi) is 4.82. The molecular weight excluding hydrogens is 300 g/mol. The largest absolute Gasteiger partial charge is 0.452 e. The number of ether oxygens (including phenoxy) is 2. The summed E-state index contributed by atoms with van der Waals surface area (Å²) in [5, 5.41) is 7.61. The lowest BCUT2D eigenvalue weighted by Crippen LogP contribution is -2.36. The molecule has 0 radical (unpaired) electrons. The molecule has 8 heteroatoms. The Morgan fingerprint density at radius 3 is 2.70 bits per heavy atom. The van der Waals surface area contributed by atoms with Crippen molar-refractivity contribution in [3.63, 3.8) is 0 Å². The number of aryl methyl sites for hydroxylation is 1. The molecule has 2 aromatic heterocycles. The van der Waals surface area contributed by atoms with Gasteiger partial charge in [0.05, 0.1) is 18.8 Å². The average molecular weight is 318 g/mol. The number of anilines is 1. The van der Waals surface area contributed by atoms with Gasteiger partial charge in [0, 0.05) is 25.7 Å². The van der Waals surface area contributed by atoms with Crippen molar-refractivity contribution in [2.75, 3.05) is 31.2 Å². The first-order chi connectivity index (χ1) is 11.3. The van der Waals surface area contributed by atoms with E-state index in [1.807, 2.05) is 13.0 Å². The highest BCUT2D eigenvalue weighted by molar-refractivity contribution is 5.89. The molecule has 1 fully saturated rings. The van der Waals surface area contributed by atoms with E-state index in [0.717, 1.165) is 18.9 Å². The zero-order chi connectivity index (χ0) is 16.1. The van der Waals surface area contributed by atoms with Crippen molar-refractivity contribution in [3.05, 3.63) is 35.7 Å². The van der Waals surface area contributed by atoms with Gasteiger partial charge in [-0.15, -0.1) is 10.2 Å². The Bertz CT molecular complexity index is 650. The lowest BCUT2D eigenvalue weighted by Gasteiger charge is -2.27. The number of hydrogen-bond acceptors (Lipinski definition) is 8. The van der Waals surface area contributed by atoms with Gasteiger partial charge < -0.3 is 18.8 Å². The molecule has 0 saturated carbocycles. The summed E-state index contributed by atoms with van der Waals surface area (Å²) >= 11 is 0. The SMILES string of the molecule is CCc1nnc(COC(=O)c2ccc(N3CCOCC3)nc2)o1. The Balaban J connectivity index is 1.56. The number of nitrogens with zero attached hydrogens (tertiary/aromatic N) is 4.